The fourth-order valence-electron chi connectivity index (χ4n) is 3.97. The van der Waals surface area contributed by atoms with E-state index in [-0.39, 0.29) is 23.3 Å². The molecule has 0 aromatic carbocycles. The van der Waals surface area contributed by atoms with E-state index in [1.807, 2.05) is 0 Å². The van der Waals surface area contributed by atoms with E-state index in [9.17, 15) is 0 Å². The second-order valence-electron chi connectivity index (χ2n) is 7.40. The highest BCUT2D eigenvalue weighted by atomic mass is 28.4. The van der Waals surface area contributed by atoms with Gasteiger partial charge >= 0.3 is 17.6 Å². The van der Waals surface area contributed by atoms with Gasteiger partial charge in [0.2, 0.25) is 0 Å². The minimum Gasteiger partial charge on any atom is -0.381 e. The lowest BCUT2D eigenvalue weighted by atomic mass is 10.2. The van der Waals surface area contributed by atoms with Crippen LogP contribution in [0.3, 0.4) is 0 Å². The number of hydrogen-bond donors (Lipinski definition) is 0. The highest BCUT2D eigenvalue weighted by Gasteiger charge is 2.50. The maximum atomic E-state index is 5.99. The minimum absolute atomic E-state index is 0.135. The Hall–Kier alpha value is 0.0738. The van der Waals surface area contributed by atoms with Crippen LogP contribution in [0.15, 0.2) is 0 Å². The van der Waals surface area contributed by atoms with Crippen molar-refractivity contribution < 1.29 is 40.8 Å². The summed E-state index contributed by atoms with van der Waals surface area (Å²) >= 11 is 0. The Morgan fingerprint density at radius 3 is 1.21 bits per heavy atom. The molecule has 172 valence electrons. The van der Waals surface area contributed by atoms with Gasteiger partial charge < -0.3 is 40.8 Å². The molecule has 29 heavy (non-hydrogen) atoms. The number of ether oxygens (including phenoxy) is 3. The number of epoxide rings is 2. The van der Waals surface area contributed by atoms with Gasteiger partial charge in [0.25, 0.3) is 0 Å². The summed E-state index contributed by atoms with van der Waals surface area (Å²) in [6.45, 7) is 2.77. The molecule has 0 amide bonds. The molecule has 0 bridgehead atoms. The van der Waals surface area contributed by atoms with Crippen LogP contribution in [-0.4, -0.2) is 98.9 Å². The van der Waals surface area contributed by atoms with Gasteiger partial charge in [0.05, 0.1) is 25.4 Å². The van der Waals surface area contributed by atoms with E-state index >= 15 is 0 Å². The topological polar surface area (TPSA) is 89.7 Å². The first-order chi connectivity index (χ1) is 14.0. The molecule has 0 radical (unpaired) electrons. The van der Waals surface area contributed by atoms with Crippen LogP contribution in [0.2, 0.25) is 11.1 Å². The fourth-order valence-corrected chi connectivity index (χ4v) is 9.02. The van der Waals surface area contributed by atoms with Crippen LogP contribution in [-0.2, 0) is 40.8 Å². The summed E-state index contributed by atoms with van der Waals surface area (Å²) in [7, 11) is 4.41. The van der Waals surface area contributed by atoms with E-state index in [1.165, 1.54) is 0 Å². The first-order valence-corrected chi connectivity index (χ1v) is 13.7. The third-order valence-corrected chi connectivity index (χ3v) is 12.3. The van der Waals surface area contributed by atoms with Crippen molar-refractivity contribution >= 4 is 17.6 Å². The maximum Gasteiger partial charge on any atom is 0.503 e. The van der Waals surface area contributed by atoms with Crippen molar-refractivity contribution in [3.8, 4) is 0 Å². The Labute approximate surface area is 176 Å². The number of hydrogen-bond acceptors (Lipinski definition) is 9. The maximum absolute atomic E-state index is 5.99. The van der Waals surface area contributed by atoms with Gasteiger partial charge in [-0.15, -0.1) is 0 Å². The van der Waals surface area contributed by atoms with Crippen LogP contribution < -0.4 is 0 Å². The lowest BCUT2D eigenvalue weighted by Gasteiger charge is -2.33. The van der Waals surface area contributed by atoms with Crippen LogP contribution >= 0.6 is 0 Å². The molecule has 9 nitrogen and oxygen atoms in total. The van der Waals surface area contributed by atoms with Crippen molar-refractivity contribution in [2.45, 2.75) is 49.0 Å². The molecule has 0 saturated carbocycles. The molecule has 0 aromatic heterocycles. The van der Waals surface area contributed by atoms with E-state index < -0.39 is 17.6 Å². The van der Waals surface area contributed by atoms with Gasteiger partial charge in [-0.1, -0.05) is 0 Å². The van der Waals surface area contributed by atoms with Crippen LogP contribution in [0.1, 0.15) is 25.7 Å². The lowest BCUT2D eigenvalue weighted by molar-refractivity contribution is 0.0776. The van der Waals surface area contributed by atoms with E-state index in [0.717, 1.165) is 38.9 Å². The monoisotopic (exact) mass is 454 g/mol. The van der Waals surface area contributed by atoms with Gasteiger partial charge in [-0.25, -0.2) is 0 Å². The predicted octanol–water partition coefficient (Wildman–Crippen LogP) is 1.86. The second-order valence-corrected chi connectivity index (χ2v) is 13.9. The molecular formula is C18H38O9Si2. The molecule has 2 aliphatic heterocycles. The SMILES string of the molecule is CO[Si](OC)(OC)C(CCOCCC(CC1CO1)[Si](OC)(OC)OC)CC1CO1. The molecule has 2 aliphatic rings. The Bertz CT molecular complexity index is 398. The summed E-state index contributed by atoms with van der Waals surface area (Å²) < 4.78 is 50.9. The molecule has 2 heterocycles. The molecule has 4 atom stereocenters. The molecule has 2 rings (SSSR count). The van der Waals surface area contributed by atoms with Gasteiger partial charge in [-0.05, 0) is 25.7 Å². The van der Waals surface area contributed by atoms with Crippen molar-refractivity contribution in [2.24, 2.45) is 0 Å². The van der Waals surface area contributed by atoms with E-state index in [2.05, 4.69) is 0 Å². The average Bonchev–Trinajstić information content (AvgIpc) is 3.67. The van der Waals surface area contributed by atoms with Crippen molar-refractivity contribution in [1.82, 2.24) is 0 Å². The summed E-state index contributed by atoms with van der Waals surface area (Å²) in [5.74, 6) is 0. The number of rotatable bonds is 18. The smallest absolute Gasteiger partial charge is 0.381 e. The van der Waals surface area contributed by atoms with E-state index in [4.69, 9.17) is 40.8 Å². The molecule has 11 heteroatoms. The predicted molar refractivity (Wildman–Crippen MR) is 110 cm³/mol. The van der Waals surface area contributed by atoms with Crippen LogP contribution in [0.4, 0.5) is 0 Å². The Kier molecular flexibility index (Phi) is 10.7. The van der Waals surface area contributed by atoms with Crippen molar-refractivity contribution in [3.63, 3.8) is 0 Å². The summed E-state index contributed by atoms with van der Waals surface area (Å²) in [4.78, 5) is 0. The molecule has 0 N–H and O–H groups in total. The Balaban J connectivity index is 1.84. The second kappa shape index (κ2) is 12.2. The van der Waals surface area contributed by atoms with Crippen molar-refractivity contribution in [3.05, 3.63) is 0 Å². The zero-order valence-electron chi connectivity index (χ0n) is 18.6. The fraction of sp³-hybridized carbons (Fsp3) is 1.00. The third kappa shape index (κ3) is 7.04. The molecular weight excluding hydrogens is 416 g/mol. The highest BCUT2D eigenvalue weighted by molar-refractivity contribution is 6.62. The lowest BCUT2D eigenvalue weighted by Crippen LogP contribution is -2.48. The molecule has 2 fully saturated rings. The van der Waals surface area contributed by atoms with Crippen molar-refractivity contribution in [1.29, 1.82) is 0 Å². The first kappa shape index (κ1) is 25.3. The summed E-state index contributed by atoms with van der Waals surface area (Å²) in [5.41, 5.74) is 0.270. The average molecular weight is 455 g/mol. The Morgan fingerprint density at radius 1 is 0.655 bits per heavy atom. The zero-order valence-corrected chi connectivity index (χ0v) is 20.6. The first-order valence-electron chi connectivity index (χ1n) is 10.1. The van der Waals surface area contributed by atoms with Gasteiger partial charge in [0.1, 0.15) is 0 Å². The van der Waals surface area contributed by atoms with Gasteiger partial charge in [-0.3, -0.25) is 0 Å². The molecule has 0 spiro atoms. The van der Waals surface area contributed by atoms with Crippen LogP contribution in [0.25, 0.3) is 0 Å². The van der Waals surface area contributed by atoms with Gasteiger partial charge in [-0.2, -0.15) is 0 Å². The normalized spacial score (nSPS) is 23.8. The summed E-state index contributed by atoms with van der Waals surface area (Å²) in [6.07, 6.45) is 3.84. The minimum atomic E-state index is -2.74. The Morgan fingerprint density at radius 2 is 0.966 bits per heavy atom. The summed E-state index contributed by atoms with van der Waals surface area (Å²) in [5, 5.41) is 0. The van der Waals surface area contributed by atoms with Gasteiger partial charge in [0, 0.05) is 67.0 Å². The van der Waals surface area contributed by atoms with Crippen LogP contribution in [0, 0.1) is 0 Å². The quantitative estimate of drug-likeness (QED) is 0.175. The van der Waals surface area contributed by atoms with Crippen LogP contribution in [0.5, 0.6) is 0 Å². The third-order valence-electron chi connectivity index (χ3n) is 5.83. The highest BCUT2D eigenvalue weighted by Crippen LogP contribution is 2.37. The zero-order chi connectivity index (χ0) is 21.3. The standard InChI is InChI=1S/C18H38O9Si2/c1-19-28(20-2,21-3)17(11-15-13-26-15)7-9-25-10-8-18(12-16-14-27-16)29(22-4,23-5)24-6/h15-18H,7-14H2,1-6H3. The summed E-state index contributed by atoms with van der Waals surface area (Å²) in [6, 6.07) is 0. The largest absolute Gasteiger partial charge is 0.503 e. The van der Waals surface area contributed by atoms with Gasteiger partial charge in [0.15, 0.2) is 0 Å². The van der Waals surface area contributed by atoms with E-state index in [0.29, 0.717) is 13.2 Å². The molecule has 0 aromatic rings. The van der Waals surface area contributed by atoms with Crippen molar-refractivity contribution in [2.75, 3.05) is 69.1 Å². The van der Waals surface area contributed by atoms with E-state index in [1.54, 1.807) is 42.7 Å². The molecule has 0 aliphatic carbocycles. The molecule has 4 unspecified atom stereocenters. The molecule has 2 saturated heterocycles.